The van der Waals surface area contributed by atoms with Crippen LogP contribution in [0.2, 0.25) is 0 Å². The van der Waals surface area contributed by atoms with E-state index in [4.69, 9.17) is 11.0 Å². The van der Waals surface area contributed by atoms with Crippen molar-refractivity contribution in [2.75, 3.05) is 6.54 Å². The number of benzene rings is 1. The van der Waals surface area contributed by atoms with Crippen LogP contribution in [0, 0.1) is 25.2 Å². The number of nitriles is 1. The molecule has 72 valence electrons. The van der Waals surface area contributed by atoms with Crippen LogP contribution in [-0.4, -0.2) is 6.54 Å². The Morgan fingerprint density at radius 1 is 1.36 bits per heavy atom. The zero-order valence-electron chi connectivity index (χ0n) is 8.54. The zero-order chi connectivity index (χ0) is 10.6. The standard InChI is InChI=1S/C12H14N2/c1-9-6-10(2)12(8-14)7-11(9)4-3-5-13/h3-4,6-7H,5,13H2,1-2H3/b4-3+. The Hall–Kier alpha value is -1.59. The summed E-state index contributed by atoms with van der Waals surface area (Å²) in [6, 6.07) is 6.10. The SMILES string of the molecule is Cc1cc(C)c(/C=C/CN)cc1C#N. The first kappa shape index (κ1) is 10.5. The van der Waals surface area contributed by atoms with Gasteiger partial charge in [0.2, 0.25) is 0 Å². The highest BCUT2D eigenvalue weighted by atomic mass is 14.5. The Bertz CT molecular complexity index is 398. The highest BCUT2D eigenvalue weighted by molar-refractivity contribution is 5.58. The van der Waals surface area contributed by atoms with Crippen LogP contribution in [0.1, 0.15) is 22.3 Å². The molecule has 1 aromatic rings. The van der Waals surface area contributed by atoms with Crippen LogP contribution in [0.5, 0.6) is 0 Å². The van der Waals surface area contributed by atoms with Crippen molar-refractivity contribution < 1.29 is 0 Å². The summed E-state index contributed by atoms with van der Waals surface area (Å²) in [6.45, 7) is 4.50. The molecule has 0 bridgehead atoms. The fourth-order valence-electron chi connectivity index (χ4n) is 1.36. The zero-order valence-corrected chi connectivity index (χ0v) is 8.54. The largest absolute Gasteiger partial charge is 0.327 e. The molecule has 0 fully saturated rings. The minimum Gasteiger partial charge on any atom is -0.327 e. The molecular formula is C12H14N2. The summed E-state index contributed by atoms with van der Waals surface area (Å²) in [6.07, 6.45) is 3.84. The number of hydrogen-bond acceptors (Lipinski definition) is 2. The number of aryl methyl sites for hydroxylation is 2. The molecular weight excluding hydrogens is 172 g/mol. The Morgan fingerprint density at radius 2 is 2.07 bits per heavy atom. The Labute approximate surface area is 84.7 Å². The second-order valence-corrected chi connectivity index (χ2v) is 3.27. The van der Waals surface area contributed by atoms with E-state index in [2.05, 4.69) is 6.07 Å². The van der Waals surface area contributed by atoms with Crippen molar-refractivity contribution in [3.8, 4) is 6.07 Å². The van der Waals surface area contributed by atoms with E-state index in [1.165, 1.54) is 5.56 Å². The normalized spacial score (nSPS) is 10.4. The van der Waals surface area contributed by atoms with Crippen molar-refractivity contribution in [1.82, 2.24) is 0 Å². The maximum atomic E-state index is 8.86. The summed E-state index contributed by atoms with van der Waals surface area (Å²) in [5.41, 5.74) is 9.37. The van der Waals surface area contributed by atoms with E-state index in [0.717, 1.165) is 16.7 Å². The molecule has 14 heavy (non-hydrogen) atoms. The molecule has 0 saturated carbocycles. The van der Waals surface area contributed by atoms with Crippen molar-refractivity contribution in [3.05, 3.63) is 40.5 Å². The summed E-state index contributed by atoms with van der Waals surface area (Å²) in [5, 5.41) is 8.86. The molecule has 0 unspecified atom stereocenters. The van der Waals surface area contributed by atoms with Crippen LogP contribution >= 0.6 is 0 Å². The van der Waals surface area contributed by atoms with Crippen molar-refractivity contribution >= 4 is 6.08 Å². The lowest BCUT2D eigenvalue weighted by atomic mass is 10.0. The molecule has 2 nitrogen and oxygen atoms in total. The number of nitrogens with zero attached hydrogens (tertiary/aromatic N) is 1. The van der Waals surface area contributed by atoms with Gasteiger partial charge >= 0.3 is 0 Å². The molecule has 0 aromatic heterocycles. The summed E-state index contributed by atoms with van der Waals surface area (Å²) in [7, 11) is 0. The van der Waals surface area contributed by atoms with E-state index in [0.29, 0.717) is 6.54 Å². The highest BCUT2D eigenvalue weighted by Crippen LogP contribution is 2.16. The lowest BCUT2D eigenvalue weighted by Crippen LogP contribution is -1.93. The van der Waals surface area contributed by atoms with Gasteiger partial charge in [-0.15, -0.1) is 0 Å². The second kappa shape index (κ2) is 4.59. The van der Waals surface area contributed by atoms with Crippen LogP contribution in [0.15, 0.2) is 18.2 Å². The van der Waals surface area contributed by atoms with E-state index >= 15 is 0 Å². The van der Waals surface area contributed by atoms with Gasteiger partial charge in [-0.05, 0) is 36.6 Å². The molecule has 0 heterocycles. The fraction of sp³-hybridized carbons (Fsp3) is 0.250. The van der Waals surface area contributed by atoms with Gasteiger partial charge in [0.05, 0.1) is 11.6 Å². The fourth-order valence-corrected chi connectivity index (χ4v) is 1.36. The maximum Gasteiger partial charge on any atom is 0.0994 e. The van der Waals surface area contributed by atoms with Crippen molar-refractivity contribution in [2.24, 2.45) is 5.73 Å². The molecule has 0 amide bonds. The van der Waals surface area contributed by atoms with Gasteiger partial charge < -0.3 is 5.73 Å². The molecule has 2 N–H and O–H groups in total. The van der Waals surface area contributed by atoms with Gasteiger partial charge in [0, 0.05) is 6.54 Å². The van der Waals surface area contributed by atoms with Crippen LogP contribution in [0.25, 0.3) is 6.08 Å². The topological polar surface area (TPSA) is 49.8 Å². The van der Waals surface area contributed by atoms with Gasteiger partial charge in [-0.25, -0.2) is 0 Å². The third kappa shape index (κ3) is 2.21. The second-order valence-electron chi connectivity index (χ2n) is 3.27. The van der Waals surface area contributed by atoms with Gasteiger partial charge in [-0.3, -0.25) is 0 Å². The first-order valence-corrected chi connectivity index (χ1v) is 4.57. The Kier molecular flexibility index (Phi) is 3.44. The van der Waals surface area contributed by atoms with Gasteiger partial charge in [0.25, 0.3) is 0 Å². The van der Waals surface area contributed by atoms with Crippen molar-refractivity contribution in [2.45, 2.75) is 13.8 Å². The third-order valence-corrected chi connectivity index (χ3v) is 2.17. The molecule has 0 aliphatic rings. The number of rotatable bonds is 2. The smallest absolute Gasteiger partial charge is 0.0994 e. The van der Waals surface area contributed by atoms with E-state index in [1.807, 2.05) is 38.1 Å². The van der Waals surface area contributed by atoms with Crippen LogP contribution in [0.4, 0.5) is 0 Å². The first-order valence-electron chi connectivity index (χ1n) is 4.57. The monoisotopic (exact) mass is 186 g/mol. The molecule has 0 aliphatic carbocycles. The van der Waals surface area contributed by atoms with Gasteiger partial charge in [-0.1, -0.05) is 18.2 Å². The predicted octanol–water partition coefficient (Wildman–Crippen LogP) is 2.15. The Morgan fingerprint density at radius 3 is 2.64 bits per heavy atom. The highest BCUT2D eigenvalue weighted by Gasteiger charge is 2.01. The third-order valence-electron chi connectivity index (χ3n) is 2.17. The number of nitrogens with two attached hydrogens (primary N) is 1. The molecule has 0 aliphatic heterocycles. The minimum absolute atomic E-state index is 0.523. The molecule has 0 radical (unpaired) electrons. The summed E-state index contributed by atoms with van der Waals surface area (Å²) >= 11 is 0. The summed E-state index contributed by atoms with van der Waals surface area (Å²) in [4.78, 5) is 0. The van der Waals surface area contributed by atoms with Crippen molar-refractivity contribution in [3.63, 3.8) is 0 Å². The van der Waals surface area contributed by atoms with Crippen LogP contribution < -0.4 is 5.73 Å². The van der Waals surface area contributed by atoms with E-state index in [9.17, 15) is 0 Å². The van der Waals surface area contributed by atoms with Gasteiger partial charge in [-0.2, -0.15) is 5.26 Å². The quantitative estimate of drug-likeness (QED) is 0.769. The predicted molar refractivity (Wildman–Crippen MR) is 58.7 cm³/mol. The lowest BCUT2D eigenvalue weighted by molar-refractivity contribution is 1.26. The van der Waals surface area contributed by atoms with Crippen LogP contribution in [-0.2, 0) is 0 Å². The maximum absolute atomic E-state index is 8.86. The summed E-state index contributed by atoms with van der Waals surface area (Å²) in [5.74, 6) is 0. The van der Waals surface area contributed by atoms with Gasteiger partial charge in [0.15, 0.2) is 0 Å². The summed E-state index contributed by atoms with van der Waals surface area (Å²) < 4.78 is 0. The molecule has 0 saturated heterocycles. The molecule has 0 spiro atoms. The minimum atomic E-state index is 0.523. The number of hydrogen-bond donors (Lipinski definition) is 1. The molecule has 1 rings (SSSR count). The molecule has 0 atom stereocenters. The van der Waals surface area contributed by atoms with Crippen molar-refractivity contribution in [1.29, 1.82) is 5.26 Å². The van der Waals surface area contributed by atoms with E-state index in [-0.39, 0.29) is 0 Å². The first-order chi connectivity index (χ1) is 6.69. The average molecular weight is 186 g/mol. The molecule has 2 heteroatoms. The Balaban J connectivity index is 3.19. The van der Waals surface area contributed by atoms with Crippen LogP contribution in [0.3, 0.4) is 0 Å². The van der Waals surface area contributed by atoms with Gasteiger partial charge in [0.1, 0.15) is 0 Å². The van der Waals surface area contributed by atoms with E-state index < -0.39 is 0 Å². The average Bonchev–Trinajstić information content (AvgIpc) is 2.17. The molecule has 1 aromatic carbocycles. The van der Waals surface area contributed by atoms with E-state index in [1.54, 1.807) is 0 Å². The lowest BCUT2D eigenvalue weighted by Gasteiger charge is -2.04.